The van der Waals surface area contributed by atoms with Crippen molar-refractivity contribution >= 4 is 23.6 Å². The van der Waals surface area contributed by atoms with Crippen molar-refractivity contribution < 1.29 is 27.2 Å². The van der Waals surface area contributed by atoms with Crippen LogP contribution >= 0.6 is 0 Å². The standard InChI is InChI=1S/C27H35F3N6O3/c28-27(29,30)24-23(39-26(34-24)36-12-4-1-5-13-36)21(37)16-18-8-9-22(31-17-18)35-14-10-20(11-15-35)33-25(38)32-19-6-2-3-7-19/h8-9,17,19-20H,1-7,10-16H2,(H2,32,33,38). The topological polar surface area (TPSA) is 104 Å². The van der Waals surface area contributed by atoms with E-state index in [1.165, 1.54) is 6.20 Å². The second-order valence-corrected chi connectivity index (χ2v) is 10.7. The van der Waals surface area contributed by atoms with Crippen LogP contribution in [0.25, 0.3) is 0 Å². The molecule has 3 aliphatic rings. The molecule has 5 rings (SSSR count). The monoisotopic (exact) mass is 548 g/mol. The minimum atomic E-state index is -4.79. The summed E-state index contributed by atoms with van der Waals surface area (Å²) in [6, 6.07) is 3.60. The zero-order valence-electron chi connectivity index (χ0n) is 21.9. The van der Waals surface area contributed by atoms with Gasteiger partial charge >= 0.3 is 12.2 Å². The Balaban J connectivity index is 1.15. The maximum atomic E-state index is 13.6. The van der Waals surface area contributed by atoms with Gasteiger partial charge in [0.25, 0.3) is 6.01 Å². The van der Waals surface area contributed by atoms with Gasteiger partial charge in [-0.1, -0.05) is 18.9 Å². The first-order valence-electron chi connectivity index (χ1n) is 13.9. The number of rotatable bonds is 7. The van der Waals surface area contributed by atoms with Gasteiger partial charge < -0.3 is 24.9 Å². The minimum absolute atomic E-state index is 0.0964. The highest BCUT2D eigenvalue weighted by molar-refractivity contribution is 5.96. The summed E-state index contributed by atoms with van der Waals surface area (Å²) < 4.78 is 46.3. The lowest BCUT2D eigenvalue weighted by Gasteiger charge is -2.33. The lowest BCUT2D eigenvalue weighted by atomic mass is 10.0. The van der Waals surface area contributed by atoms with Crippen LogP contribution < -0.4 is 20.4 Å². The second-order valence-electron chi connectivity index (χ2n) is 10.7. The number of carbonyl (C=O) groups excluding carboxylic acids is 2. The van der Waals surface area contributed by atoms with Gasteiger partial charge in [-0.25, -0.2) is 9.78 Å². The van der Waals surface area contributed by atoms with E-state index in [0.717, 1.165) is 63.6 Å². The molecular formula is C27H35F3N6O3. The van der Waals surface area contributed by atoms with Gasteiger partial charge in [0.2, 0.25) is 11.5 Å². The molecule has 4 heterocycles. The molecule has 2 N–H and O–H groups in total. The third-order valence-corrected chi connectivity index (χ3v) is 7.78. The minimum Gasteiger partial charge on any atom is -0.420 e. The summed E-state index contributed by atoms with van der Waals surface area (Å²) in [5.41, 5.74) is -0.779. The van der Waals surface area contributed by atoms with E-state index in [9.17, 15) is 22.8 Å². The van der Waals surface area contributed by atoms with Crippen LogP contribution in [0.1, 0.15) is 79.6 Å². The van der Waals surface area contributed by atoms with Crippen molar-refractivity contribution in [1.82, 2.24) is 20.6 Å². The molecule has 2 aromatic heterocycles. The molecular weight excluding hydrogens is 513 g/mol. The number of ketones is 1. The van der Waals surface area contributed by atoms with E-state index in [4.69, 9.17) is 4.42 Å². The van der Waals surface area contributed by atoms with Crippen LogP contribution in [0, 0.1) is 0 Å². The SMILES string of the molecule is O=C(NC1CCCC1)NC1CCN(c2ccc(CC(=O)c3oc(N4CCCCC4)nc3C(F)(F)F)cn2)CC1. The molecule has 2 aliphatic heterocycles. The van der Waals surface area contributed by atoms with Crippen molar-refractivity contribution in [2.75, 3.05) is 36.0 Å². The molecule has 39 heavy (non-hydrogen) atoms. The molecule has 2 amide bonds. The van der Waals surface area contributed by atoms with Crippen molar-refractivity contribution in [3.8, 4) is 0 Å². The Bertz CT molecular complexity index is 1130. The summed E-state index contributed by atoms with van der Waals surface area (Å²) in [4.78, 5) is 37.0. The van der Waals surface area contributed by atoms with Crippen molar-refractivity contribution in [2.24, 2.45) is 0 Å². The number of alkyl halides is 3. The van der Waals surface area contributed by atoms with Crippen molar-refractivity contribution in [3.63, 3.8) is 0 Å². The molecule has 0 unspecified atom stereocenters. The zero-order valence-corrected chi connectivity index (χ0v) is 21.9. The first kappa shape index (κ1) is 27.3. The fourth-order valence-corrected chi connectivity index (χ4v) is 5.62. The van der Waals surface area contributed by atoms with Crippen LogP contribution in [0.2, 0.25) is 0 Å². The highest BCUT2D eigenvalue weighted by Gasteiger charge is 2.41. The predicted octanol–water partition coefficient (Wildman–Crippen LogP) is 4.71. The molecule has 12 heteroatoms. The predicted molar refractivity (Wildman–Crippen MR) is 139 cm³/mol. The first-order valence-corrected chi connectivity index (χ1v) is 13.9. The number of hydrogen-bond acceptors (Lipinski definition) is 7. The van der Waals surface area contributed by atoms with E-state index in [2.05, 4.69) is 25.5 Å². The van der Waals surface area contributed by atoms with Gasteiger partial charge in [0.15, 0.2) is 5.69 Å². The average Bonchev–Trinajstić information content (AvgIpc) is 3.61. The Hall–Kier alpha value is -3.31. The first-order chi connectivity index (χ1) is 18.8. The number of nitrogens with one attached hydrogen (secondary N) is 2. The summed E-state index contributed by atoms with van der Waals surface area (Å²) in [5, 5.41) is 6.12. The van der Waals surface area contributed by atoms with Gasteiger partial charge in [0.05, 0.1) is 0 Å². The number of hydrogen-bond donors (Lipinski definition) is 2. The molecule has 212 valence electrons. The molecule has 0 aromatic carbocycles. The zero-order chi connectivity index (χ0) is 27.4. The maximum Gasteiger partial charge on any atom is 0.437 e. The number of anilines is 2. The van der Waals surface area contributed by atoms with Gasteiger partial charge in [-0.3, -0.25) is 4.79 Å². The van der Waals surface area contributed by atoms with Crippen molar-refractivity contribution in [2.45, 2.75) is 82.5 Å². The van der Waals surface area contributed by atoms with Crippen LogP contribution in [-0.2, 0) is 12.6 Å². The third kappa shape index (κ3) is 6.83. The summed E-state index contributed by atoms with van der Waals surface area (Å²) in [6.45, 7) is 2.54. The van der Waals surface area contributed by atoms with Gasteiger partial charge in [-0.15, -0.1) is 0 Å². The highest BCUT2D eigenvalue weighted by Crippen LogP contribution is 2.35. The Labute approximate surface area is 225 Å². The van der Waals surface area contributed by atoms with E-state index in [1.807, 2.05) is 0 Å². The average molecular weight is 549 g/mol. The van der Waals surface area contributed by atoms with E-state index < -0.39 is 23.4 Å². The van der Waals surface area contributed by atoms with Crippen LogP contribution in [0.5, 0.6) is 0 Å². The van der Waals surface area contributed by atoms with Crippen LogP contribution in [-0.4, -0.2) is 60.0 Å². The molecule has 2 aromatic rings. The Morgan fingerprint density at radius 2 is 1.56 bits per heavy atom. The van der Waals surface area contributed by atoms with E-state index >= 15 is 0 Å². The highest BCUT2D eigenvalue weighted by atomic mass is 19.4. The molecule has 1 aliphatic carbocycles. The van der Waals surface area contributed by atoms with Gasteiger partial charge in [-0.05, 0) is 56.6 Å². The van der Waals surface area contributed by atoms with Crippen LogP contribution in [0.15, 0.2) is 22.7 Å². The molecule has 0 spiro atoms. The number of nitrogens with zero attached hydrogens (tertiary/aromatic N) is 4. The van der Waals surface area contributed by atoms with Gasteiger partial charge in [0, 0.05) is 50.9 Å². The smallest absolute Gasteiger partial charge is 0.420 e. The molecule has 0 atom stereocenters. The van der Waals surface area contributed by atoms with Gasteiger partial charge in [0.1, 0.15) is 5.82 Å². The number of piperidine rings is 2. The summed E-state index contributed by atoms with van der Waals surface area (Å²) in [5.74, 6) is -0.808. The summed E-state index contributed by atoms with van der Waals surface area (Å²) >= 11 is 0. The van der Waals surface area contributed by atoms with Crippen molar-refractivity contribution in [3.05, 3.63) is 35.3 Å². The molecule has 3 fully saturated rings. The number of halogens is 3. The molecule has 9 nitrogen and oxygen atoms in total. The number of Topliss-reactive ketones (excluding diaryl/α,β-unsaturated/α-hetero) is 1. The molecule has 2 saturated heterocycles. The van der Waals surface area contributed by atoms with Crippen LogP contribution in [0.4, 0.5) is 29.8 Å². The second kappa shape index (κ2) is 11.8. The Morgan fingerprint density at radius 3 is 2.18 bits per heavy atom. The van der Waals surface area contributed by atoms with Gasteiger partial charge in [-0.2, -0.15) is 18.2 Å². The fourth-order valence-electron chi connectivity index (χ4n) is 5.62. The van der Waals surface area contributed by atoms with E-state index in [-0.39, 0.29) is 30.6 Å². The van der Waals surface area contributed by atoms with Crippen LogP contribution in [0.3, 0.4) is 0 Å². The Kier molecular flexibility index (Phi) is 8.27. The number of carbonyl (C=O) groups is 2. The summed E-state index contributed by atoms with van der Waals surface area (Å²) in [6.07, 6.45) is 5.12. The van der Waals surface area contributed by atoms with E-state index in [1.54, 1.807) is 17.0 Å². The number of pyridine rings is 1. The Morgan fingerprint density at radius 1 is 0.897 bits per heavy atom. The number of urea groups is 1. The maximum absolute atomic E-state index is 13.6. The molecule has 1 saturated carbocycles. The fraction of sp³-hybridized carbons (Fsp3) is 0.630. The molecule has 0 bridgehead atoms. The lowest BCUT2D eigenvalue weighted by molar-refractivity contribution is -0.141. The van der Waals surface area contributed by atoms with E-state index in [0.29, 0.717) is 31.7 Å². The summed E-state index contributed by atoms with van der Waals surface area (Å²) in [7, 11) is 0. The lowest BCUT2D eigenvalue weighted by Crippen LogP contribution is -2.49. The molecule has 0 radical (unpaired) electrons. The number of oxazole rings is 1. The largest absolute Gasteiger partial charge is 0.437 e. The number of amides is 2. The quantitative estimate of drug-likeness (QED) is 0.483. The number of aromatic nitrogens is 2. The third-order valence-electron chi connectivity index (χ3n) is 7.78. The van der Waals surface area contributed by atoms with Crippen molar-refractivity contribution in [1.29, 1.82) is 0 Å². The normalized spacial score (nSPS) is 19.4.